The van der Waals surface area contributed by atoms with Crippen molar-refractivity contribution >= 4 is 5.91 Å². The first-order chi connectivity index (χ1) is 16.4. The van der Waals surface area contributed by atoms with Crippen LogP contribution in [0.5, 0.6) is 5.75 Å². The summed E-state index contributed by atoms with van der Waals surface area (Å²) in [6.45, 7) is 7.35. The quantitative estimate of drug-likeness (QED) is 0.587. The van der Waals surface area contributed by atoms with E-state index in [9.17, 15) is 4.79 Å². The van der Waals surface area contributed by atoms with Crippen LogP contribution in [0.25, 0.3) is 0 Å². The van der Waals surface area contributed by atoms with Crippen LogP contribution >= 0.6 is 0 Å². The molecular formula is C28H35NO5. The molecule has 5 rings (SSSR count). The molecule has 2 heterocycles. The van der Waals surface area contributed by atoms with E-state index in [1.54, 1.807) is 7.11 Å². The van der Waals surface area contributed by atoms with Gasteiger partial charge in [0.15, 0.2) is 5.79 Å². The van der Waals surface area contributed by atoms with Crippen LogP contribution in [0.4, 0.5) is 0 Å². The smallest absolute Gasteiger partial charge is 0.254 e. The highest BCUT2D eigenvalue weighted by Gasteiger charge is 2.55. The average Bonchev–Trinajstić information content (AvgIpc) is 3.39. The molecule has 2 fully saturated rings. The van der Waals surface area contributed by atoms with Crippen molar-refractivity contribution in [2.75, 3.05) is 33.5 Å². The van der Waals surface area contributed by atoms with Crippen molar-refractivity contribution in [3.8, 4) is 5.75 Å². The van der Waals surface area contributed by atoms with E-state index < -0.39 is 5.79 Å². The molecule has 3 aliphatic rings. The topological polar surface area (TPSA) is 57.2 Å². The normalized spacial score (nSPS) is 21.3. The SMILES string of the molecule is COc1ccc(COCC(C)CN2C(=O)c3cc(C)ccc3C23CCC2(CC3)OCCO2)cc1. The predicted octanol–water partition coefficient (Wildman–Crippen LogP) is 4.82. The molecule has 2 aromatic rings. The van der Waals surface area contributed by atoms with E-state index >= 15 is 0 Å². The van der Waals surface area contributed by atoms with Crippen molar-refractivity contribution in [1.82, 2.24) is 4.90 Å². The van der Waals surface area contributed by atoms with Crippen LogP contribution in [-0.2, 0) is 26.4 Å². The monoisotopic (exact) mass is 465 g/mol. The Hall–Kier alpha value is -2.41. The number of methoxy groups -OCH3 is 1. The number of hydrogen-bond donors (Lipinski definition) is 0. The number of nitrogens with zero attached hydrogens (tertiary/aromatic N) is 1. The van der Waals surface area contributed by atoms with Gasteiger partial charge in [-0.3, -0.25) is 4.79 Å². The van der Waals surface area contributed by atoms with Gasteiger partial charge in [0.1, 0.15) is 5.75 Å². The minimum Gasteiger partial charge on any atom is -0.497 e. The number of rotatable bonds is 7. The lowest BCUT2D eigenvalue weighted by molar-refractivity contribution is -0.193. The molecule has 2 spiro atoms. The van der Waals surface area contributed by atoms with Gasteiger partial charge in [-0.1, -0.05) is 36.8 Å². The molecule has 0 bridgehead atoms. The molecule has 34 heavy (non-hydrogen) atoms. The zero-order valence-electron chi connectivity index (χ0n) is 20.5. The second-order valence-corrected chi connectivity index (χ2v) is 10.1. The second-order valence-electron chi connectivity index (χ2n) is 10.1. The number of ether oxygens (including phenoxy) is 4. The number of carbonyl (C=O) groups excluding carboxylic acids is 1. The first-order valence-electron chi connectivity index (χ1n) is 12.4. The maximum Gasteiger partial charge on any atom is 0.254 e. The molecule has 0 N–H and O–H groups in total. The van der Waals surface area contributed by atoms with Crippen molar-refractivity contribution < 1.29 is 23.7 Å². The Morgan fingerprint density at radius 1 is 1.03 bits per heavy atom. The molecule has 1 atom stereocenters. The fourth-order valence-electron chi connectivity index (χ4n) is 5.82. The van der Waals surface area contributed by atoms with Gasteiger partial charge in [0, 0.05) is 24.9 Å². The highest BCUT2D eigenvalue weighted by molar-refractivity contribution is 6.00. The van der Waals surface area contributed by atoms with E-state index in [0.29, 0.717) is 33.0 Å². The Bertz CT molecular complexity index is 1020. The fourth-order valence-corrected chi connectivity index (χ4v) is 5.82. The van der Waals surface area contributed by atoms with Crippen LogP contribution < -0.4 is 4.74 Å². The number of aryl methyl sites for hydroxylation is 1. The van der Waals surface area contributed by atoms with Gasteiger partial charge in [0.2, 0.25) is 0 Å². The Kier molecular flexibility index (Phi) is 6.40. The molecular weight excluding hydrogens is 430 g/mol. The zero-order valence-corrected chi connectivity index (χ0v) is 20.5. The molecule has 1 amide bonds. The maximum absolute atomic E-state index is 13.6. The van der Waals surface area contributed by atoms with Crippen molar-refractivity contribution in [2.24, 2.45) is 5.92 Å². The van der Waals surface area contributed by atoms with E-state index in [-0.39, 0.29) is 17.4 Å². The van der Waals surface area contributed by atoms with Gasteiger partial charge in [0.05, 0.1) is 39.1 Å². The molecule has 1 saturated heterocycles. The van der Waals surface area contributed by atoms with Crippen LogP contribution in [0.15, 0.2) is 42.5 Å². The minimum absolute atomic E-state index is 0.143. The standard InChI is InChI=1S/C28H35NO5/c1-20-4-9-25-24(16-20)26(30)29(27(25)10-12-28(13-11-27)33-14-15-34-28)17-21(2)18-32-19-22-5-7-23(31-3)8-6-22/h4-9,16,21H,10-15,17-19H2,1-3H3. The molecule has 0 radical (unpaired) electrons. The summed E-state index contributed by atoms with van der Waals surface area (Å²) in [4.78, 5) is 15.8. The zero-order chi connectivity index (χ0) is 23.8. The van der Waals surface area contributed by atoms with Crippen molar-refractivity contribution in [1.29, 1.82) is 0 Å². The van der Waals surface area contributed by atoms with Gasteiger partial charge in [-0.05, 0) is 55.0 Å². The first kappa shape index (κ1) is 23.3. The molecule has 1 aliphatic carbocycles. The van der Waals surface area contributed by atoms with Gasteiger partial charge in [-0.15, -0.1) is 0 Å². The van der Waals surface area contributed by atoms with Crippen molar-refractivity contribution in [3.05, 3.63) is 64.7 Å². The van der Waals surface area contributed by atoms with Gasteiger partial charge in [-0.25, -0.2) is 0 Å². The number of fused-ring (bicyclic) bond motifs is 2. The lowest BCUT2D eigenvalue weighted by Crippen LogP contribution is -2.51. The first-order valence-corrected chi connectivity index (χ1v) is 12.4. The van der Waals surface area contributed by atoms with Crippen LogP contribution in [-0.4, -0.2) is 50.1 Å². The summed E-state index contributed by atoms with van der Waals surface area (Å²) in [6, 6.07) is 14.3. The third kappa shape index (κ3) is 4.23. The fraction of sp³-hybridized carbons (Fsp3) is 0.536. The van der Waals surface area contributed by atoms with Crippen molar-refractivity contribution in [2.45, 2.75) is 57.5 Å². The Morgan fingerprint density at radius 3 is 2.41 bits per heavy atom. The number of benzene rings is 2. The number of amides is 1. The van der Waals surface area contributed by atoms with E-state index in [1.165, 1.54) is 5.56 Å². The molecule has 2 aliphatic heterocycles. The van der Waals surface area contributed by atoms with Crippen molar-refractivity contribution in [3.63, 3.8) is 0 Å². The Labute approximate surface area is 202 Å². The second kappa shape index (κ2) is 9.33. The Balaban J connectivity index is 1.28. The summed E-state index contributed by atoms with van der Waals surface area (Å²) in [5.41, 5.74) is 3.97. The minimum atomic E-state index is -0.458. The Morgan fingerprint density at radius 2 is 1.74 bits per heavy atom. The molecule has 2 aromatic carbocycles. The van der Waals surface area contributed by atoms with Gasteiger partial charge in [0.25, 0.3) is 5.91 Å². The van der Waals surface area contributed by atoms with Gasteiger partial charge in [-0.2, -0.15) is 0 Å². The van der Waals surface area contributed by atoms with Gasteiger partial charge < -0.3 is 23.8 Å². The summed E-state index contributed by atoms with van der Waals surface area (Å²) in [5, 5.41) is 0. The molecule has 1 saturated carbocycles. The van der Waals surface area contributed by atoms with Crippen LogP contribution in [0.2, 0.25) is 0 Å². The highest BCUT2D eigenvalue weighted by Crippen LogP contribution is 2.52. The summed E-state index contributed by atoms with van der Waals surface area (Å²) in [5.74, 6) is 0.738. The molecule has 0 aromatic heterocycles. The highest BCUT2D eigenvalue weighted by atomic mass is 16.7. The lowest BCUT2D eigenvalue weighted by atomic mass is 9.74. The van der Waals surface area contributed by atoms with E-state index in [2.05, 4.69) is 36.9 Å². The summed E-state index contributed by atoms with van der Waals surface area (Å²) >= 11 is 0. The van der Waals surface area contributed by atoms with Crippen LogP contribution in [0.3, 0.4) is 0 Å². The van der Waals surface area contributed by atoms with Crippen LogP contribution in [0, 0.1) is 12.8 Å². The average molecular weight is 466 g/mol. The third-order valence-electron chi connectivity index (χ3n) is 7.65. The number of hydrogen-bond acceptors (Lipinski definition) is 5. The molecule has 182 valence electrons. The summed E-state index contributed by atoms with van der Waals surface area (Å²) < 4.78 is 23.2. The summed E-state index contributed by atoms with van der Waals surface area (Å²) in [6.07, 6.45) is 3.33. The summed E-state index contributed by atoms with van der Waals surface area (Å²) in [7, 11) is 1.67. The largest absolute Gasteiger partial charge is 0.497 e. The van der Waals surface area contributed by atoms with E-state index in [1.807, 2.05) is 24.3 Å². The molecule has 6 heteroatoms. The third-order valence-corrected chi connectivity index (χ3v) is 7.65. The molecule has 1 unspecified atom stereocenters. The maximum atomic E-state index is 13.6. The van der Waals surface area contributed by atoms with E-state index in [0.717, 1.165) is 48.1 Å². The van der Waals surface area contributed by atoms with E-state index in [4.69, 9.17) is 18.9 Å². The lowest BCUT2D eigenvalue weighted by Gasteiger charge is -2.47. The molecule has 6 nitrogen and oxygen atoms in total. The van der Waals surface area contributed by atoms with Crippen LogP contribution in [0.1, 0.15) is 59.7 Å². The number of carbonyl (C=O) groups is 1. The van der Waals surface area contributed by atoms with Gasteiger partial charge >= 0.3 is 0 Å². The predicted molar refractivity (Wildman–Crippen MR) is 129 cm³/mol.